The first-order valence-electron chi connectivity index (χ1n) is 16.7. The van der Waals surface area contributed by atoms with Gasteiger partial charge in [-0.2, -0.15) is 13.2 Å². The van der Waals surface area contributed by atoms with E-state index in [0.717, 1.165) is 28.4 Å². The first-order chi connectivity index (χ1) is 25.5. The van der Waals surface area contributed by atoms with Crippen molar-refractivity contribution in [1.29, 1.82) is 0 Å². The van der Waals surface area contributed by atoms with E-state index >= 15 is 0 Å². The third kappa shape index (κ3) is 6.01. The van der Waals surface area contributed by atoms with E-state index in [2.05, 4.69) is 27.3 Å². The van der Waals surface area contributed by atoms with Crippen LogP contribution in [0, 0.1) is 0 Å². The number of nitrogens with zero attached hydrogens (tertiary/aromatic N) is 7. The monoisotopic (exact) mass is 717 g/mol. The van der Waals surface area contributed by atoms with Crippen LogP contribution in [-0.4, -0.2) is 57.1 Å². The highest BCUT2D eigenvalue weighted by Crippen LogP contribution is 2.37. The van der Waals surface area contributed by atoms with E-state index in [9.17, 15) is 13.2 Å². The van der Waals surface area contributed by atoms with Crippen molar-refractivity contribution >= 4 is 56.4 Å². The number of methoxy groups -OCH3 is 2. The standard InChI is InChI=1S/C39H34F3N9O2/c1-49(2)30-14-8-6-11-23(30)17-26-21-51-35(44-26)27-12-9-15-31(52-3)33(27)48-38(51)46-24-18-28-34(32(19-24)53-4)47-37(43)50-20-25(45-36(28)50)16-22-10-5-7-13-29(22)39(40,41)42/h5-15,18-21H,16-17H2,1-4H3,(H2,43,47)(H,46,48). The van der Waals surface area contributed by atoms with Gasteiger partial charge in [0.05, 0.1) is 31.2 Å². The topological polar surface area (TPSA) is 120 Å². The van der Waals surface area contributed by atoms with Crippen molar-refractivity contribution in [3.8, 4) is 11.5 Å². The number of nitrogen functional groups attached to an aromatic ring is 1. The summed E-state index contributed by atoms with van der Waals surface area (Å²) in [7, 11) is 7.15. The lowest BCUT2D eigenvalue weighted by molar-refractivity contribution is -0.138. The number of rotatable bonds is 9. The van der Waals surface area contributed by atoms with Gasteiger partial charge in [-0.05, 0) is 41.5 Å². The number of halogens is 3. The van der Waals surface area contributed by atoms with Crippen molar-refractivity contribution in [3.63, 3.8) is 0 Å². The Hall–Kier alpha value is -6.57. The van der Waals surface area contributed by atoms with Crippen LogP contribution in [0.2, 0.25) is 0 Å². The van der Waals surface area contributed by atoms with Crippen molar-refractivity contribution in [1.82, 2.24) is 28.7 Å². The van der Waals surface area contributed by atoms with Gasteiger partial charge in [-0.3, -0.25) is 8.80 Å². The van der Waals surface area contributed by atoms with Gasteiger partial charge in [0.1, 0.15) is 33.8 Å². The van der Waals surface area contributed by atoms with Crippen LogP contribution >= 0.6 is 0 Å². The molecule has 8 aromatic rings. The molecule has 14 heteroatoms. The molecule has 0 saturated carbocycles. The highest BCUT2D eigenvalue weighted by atomic mass is 19.4. The van der Waals surface area contributed by atoms with Crippen molar-refractivity contribution in [2.24, 2.45) is 0 Å². The summed E-state index contributed by atoms with van der Waals surface area (Å²) in [5.41, 5.74) is 12.0. The zero-order chi connectivity index (χ0) is 37.0. The number of nitrogens with two attached hydrogens (primary N) is 1. The summed E-state index contributed by atoms with van der Waals surface area (Å²) in [6, 6.07) is 23.0. The van der Waals surface area contributed by atoms with Gasteiger partial charge in [-0.25, -0.2) is 19.9 Å². The Labute approximate surface area is 301 Å². The lowest BCUT2D eigenvalue weighted by atomic mass is 10.0. The predicted octanol–water partition coefficient (Wildman–Crippen LogP) is 7.69. The number of ether oxygens (including phenoxy) is 2. The van der Waals surface area contributed by atoms with Gasteiger partial charge in [0, 0.05) is 67.5 Å². The van der Waals surface area contributed by atoms with Gasteiger partial charge in [-0.15, -0.1) is 0 Å². The Morgan fingerprint density at radius 1 is 0.717 bits per heavy atom. The molecule has 0 unspecified atom stereocenters. The predicted molar refractivity (Wildman–Crippen MR) is 200 cm³/mol. The zero-order valence-corrected chi connectivity index (χ0v) is 29.2. The molecule has 0 atom stereocenters. The number of para-hydroxylation sites is 2. The van der Waals surface area contributed by atoms with Crippen LogP contribution in [0.3, 0.4) is 0 Å². The first kappa shape index (κ1) is 33.6. The Morgan fingerprint density at radius 2 is 1.36 bits per heavy atom. The Balaban J connectivity index is 1.26. The summed E-state index contributed by atoms with van der Waals surface area (Å²) in [5, 5.41) is 4.84. The summed E-state index contributed by atoms with van der Waals surface area (Å²) in [6.07, 6.45) is -0.398. The Bertz CT molecular complexity index is 2680. The largest absolute Gasteiger partial charge is 0.494 e. The number of anilines is 4. The lowest BCUT2D eigenvalue weighted by Crippen LogP contribution is -2.11. The summed E-state index contributed by atoms with van der Waals surface area (Å²) < 4.78 is 56.4. The highest BCUT2D eigenvalue weighted by Gasteiger charge is 2.33. The van der Waals surface area contributed by atoms with Crippen LogP contribution in [0.1, 0.15) is 28.1 Å². The molecule has 3 N–H and O–H groups in total. The van der Waals surface area contributed by atoms with Crippen LogP contribution in [0.4, 0.5) is 36.4 Å². The third-order valence-corrected chi connectivity index (χ3v) is 9.22. The average Bonchev–Trinajstić information content (AvgIpc) is 3.77. The summed E-state index contributed by atoms with van der Waals surface area (Å²) in [4.78, 5) is 21.5. The number of hydrogen-bond acceptors (Lipinski definition) is 9. The van der Waals surface area contributed by atoms with Crippen molar-refractivity contribution in [3.05, 3.63) is 119 Å². The maximum absolute atomic E-state index is 13.8. The number of nitrogens with one attached hydrogen (secondary N) is 1. The van der Waals surface area contributed by atoms with E-state index in [4.69, 9.17) is 30.2 Å². The second-order valence-corrected chi connectivity index (χ2v) is 12.8. The number of imidazole rings is 2. The third-order valence-electron chi connectivity index (χ3n) is 9.22. The number of hydrogen-bond donors (Lipinski definition) is 2. The van der Waals surface area contributed by atoms with E-state index in [0.29, 0.717) is 63.0 Å². The second kappa shape index (κ2) is 12.9. The van der Waals surface area contributed by atoms with E-state index in [-0.39, 0.29) is 17.9 Å². The van der Waals surface area contributed by atoms with E-state index < -0.39 is 11.7 Å². The maximum Gasteiger partial charge on any atom is 0.416 e. The zero-order valence-electron chi connectivity index (χ0n) is 29.2. The fourth-order valence-electron chi connectivity index (χ4n) is 6.83. The number of aromatic nitrogens is 6. The van der Waals surface area contributed by atoms with Crippen molar-refractivity contribution in [2.75, 3.05) is 44.3 Å². The van der Waals surface area contributed by atoms with Crippen LogP contribution in [0.5, 0.6) is 11.5 Å². The van der Waals surface area contributed by atoms with Gasteiger partial charge in [-0.1, -0.05) is 42.5 Å². The molecule has 4 aromatic heterocycles. The molecular formula is C39H34F3N9O2. The Morgan fingerprint density at radius 3 is 2.08 bits per heavy atom. The normalized spacial score (nSPS) is 11.9. The molecule has 0 amide bonds. The number of fused-ring (bicyclic) bond motifs is 6. The number of benzene rings is 4. The average molecular weight is 718 g/mol. The van der Waals surface area contributed by atoms with Gasteiger partial charge >= 0.3 is 6.18 Å². The van der Waals surface area contributed by atoms with Crippen LogP contribution in [0.15, 0.2) is 91.3 Å². The minimum Gasteiger partial charge on any atom is -0.494 e. The van der Waals surface area contributed by atoms with Gasteiger partial charge < -0.3 is 25.4 Å². The van der Waals surface area contributed by atoms with Crippen LogP contribution in [-0.2, 0) is 19.0 Å². The second-order valence-electron chi connectivity index (χ2n) is 12.8. The summed E-state index contributed by atoms with van der Waals surface area (Å²) in [6.45, 7) is 0. The molecule has 53 heavy (non-hydrogen) atoms. The molecule has 0 radical (unpaired) electrons. The summed E-state index contributed by atoms with van der Waals surface area (Å²) >= 11 is 0. The molecule has 0 aliphatic carbocycles. The summed E-state index contributed by atoms with van der Waals surface area (Å²) in [5.74, 6) is 1.57. The fourth-order valence-corrected chi connectivity index (χ4v) is 6.83. The highest BCUT2D eigenvalue weighted by molar-refractivity contribution is 6.00. The molecule has 0 fully saturated rings. The van der Waals surface area contributed by atoms with Crippen LogP contribution < -0.4 is 25.4 Å². The van der Waals surface area contributed by atoms with E-state index in [1.165, 1.54) is 19.2 Å². The molecule has 11 nitrogen and oxygen atoms in total. The SMILES string of the molecule is COc1cc(Nc2nc3c(OC)cccc3c3nc(Cc4ccccc4N(C)C)cn23)cc2c1nc(N)n1cc(Cc3ccccc3C(F)(F)F)nc21. The molecule has 0 aliphatic rings. The van der Waals surface area contributed by atoms with E-state index in [1.807, 2.05) is 61.1 Å². The van der Waals surface area contributed by atoms with Crippen molar-refractivity contribution in [2.45, 2.75) is 19.0 Å². The minimum absolute atomic E-state index is 0.0593. The minimum atomic E-state index is -4.50. The quantitative estimate of drug-likeness (QED) is 0.155. The molecule has 0 bridgehead atoms. The van der Waals surface area contributed by atoms with Crippen LogP contribution in [0.25, 0.3) is 33.1 Å². The number of alkyl halides is 3. The Kier molecular flexibility index (Phi) is 8.16. The maximum atomic E-state index is 13.8. The molecule has 4 heterocycles. The first-order valence-corrected chi connectivity index (χ1v) is 16.7. The van der Waals surface area contributed by atoms with E-state index in [1.54, 1.807) is 29.8 Å². The molecular weight excluding hydrogens is 683 g/mol. The molecule has 0 aliphatic heterocycles. The lowest BCUT2D eigenvalue weighted by Gasteiger charge is -2.16. The molecule has 4 aromatic carbocycles. The van der Waals surface area contributed by atoms with Gasteiger partial charge in [0.15, 0.2) is 0 Å². The molecule has 0 saturated heterocycles. The molecule has 8 rings (SSSR count). The molecule has 0 spiro atoms. The van der Waals surface area contributed by atoms with Gasteiger partial charge in [0.25, 0.3) is 0 Å². The van der Waals surface area contributed by atoms with Gasteiger partial charge in [0.2, 0.25) is 11.9 Å². The fraction of sp³-hybridized carbons (Fsp3) is 0.179. The van der Waals surface area contributed by atoms with Crippen molar-refractivity contribution < 1.29 is 22.6 Å². The smallest absolute Gasteiger partial charge is 0.416 e. The molecule has 268 valence electrons.